The molecule has 120 valence electrons. The third-order valence-electron chi connectivity index (χ3n) is 4.24. The average Bonchev–Trinajstić information content (AvgIpc) is 2.37. The van der Waals surface area contributed by atoms with Crippen LogP contribution in [0.1, 0.15) is 47.0 Å². The molecule has 0 bridgehead atoms. The highest BCUT2D eigenvalue weighted by Crippen LogP contribution is 2.38. The zero-order valence-electron chi connectivity index (χ0n) is 14.1. The molecule has 1 aliphatic heterocycles. The van der Waals surface area contributed by atoms with Gasteiger partial charge in [-0.3, -0.25) is 4.84 Å². The molecule has 0 aliphatic carbocycles. The maximum absolute atomic E-state index is 6.10. The van der Waals surface area contributed by atoms with Gasteiger partial charge in [-0.15, -0.1) is 0 Å². The van der Waals surface area contributed by atoms with Gasteiger partial charge in [-0.2, -0.15) is 5.06 Å². The molecule has 0 saturated carbocycles. The van der Waals surface area contributed by atoms with Crippen LogP contribution in [0.25, 0.3) is 0 Å². The van der Waals surface area contributed by atoms with Crippen molar-refractivity contribution in [3.8, 4) is 0 Å². The second-order valence-electron chi connectivity index (χ2n) is 6.65. The molecule has 0 radical (unpaired) electrons. The Balaban J connectivity index is 2.62. The Bertz CT molecular complexity index is 281. The molecule has 0 amide bonds. The topological polar surface area (TPSA) is 40.2 Å². The van der Waals surface area contributed by atoms with Crippen LogP contribution in [0.4, 0.5) is 0 Å². The standard InChI is InChI=1S/C14H31NO4Si/c1-13(2)9-8-10-14(3,4)15(13)19-11-12-20(16-5,17-6)18-7/h8-12H2,1-7H3. The second kappa shape index (κ2) is 6.85. The number of nitrogens with zero attached hydrogens (tertiary/aromatic N) is 1. The molecule has 20 heavy (non-hydrogen) atoms. The van der Waals surface area contributed by atoms with Gasteiger partial charge in [-0.25, -0.2) is 0 Å². The van der Waals surface area contributed by atoms with Crippen LogP contribution in [0.2, 0.25) is 6.04 Å². The molecule has 1 heterocycles. The molecular weight excluding hydrogens is 274 g/mol. The summed E-state index contributed by atoms with van der Waals surface area (Å²) in [6, 6.07) is 0.652. The maximum Gasteiger partial charge on any atom is 0.502 e. The summed E-state index contributed by atoms with van der Waals surface area (Å²) in [4.78, 5) is 6.10. The van der Waals surface area contributed by atoms with Crippen LogP contribution in [0.3, 0.4) is 0 Å². The summed E-state index contributed by atoms with van der Waals surface area (Å²) in [7, 11) is 2.35. The van der Waals surface area contributed by atoms with Crippen molar-refractivity contribution in [3.05, 3.63) is 0 Å². The van der Waals surface area contributed by atoms with Gasteiger partial charge in [0, 0.05) is 38.5 Å². The molecule has 0 aromatic heterocycles. The van der Waals surface area contributed by atoms with Gasteiger partial charge in [0.15, 0.2) is 0 Å². The lowest BCUT2D eigenvalue weighted by molar-refractivity contribution is -0.278. The molecule has 5 nitrogen and oxygen atoms in total. The summed E-state index contributed by atoms with van der Waals surface area (Å²) in [6.07, 6.45) is 3.54. The van der Waals surface area contributed by atoms with E-state index in [0.29, 0.717) is 12.7 Å². The highest BCUT2D eigenvalue weighted by Gasteiger charge is 2.44. The van der Waals surface area contributed by atoms with Crippen molar-refractivity contribution >= 4 is 8.80 Å². The maximum atomic E-state index is 6.10. The summed E-state index contributed by atoms with van der Waals surface area (Å²) in [5.74, 6) is 0. The lowest BCUT2D eigenvalue weighted by Gasteiger charge is -2.51. The van der Waals surface area contributed by atoms with Crippen molar-refractivity contribution in [3.63, 3.8) is 0 Å². The summed E-state index contributed by atoms with van der Waals surface area (Å²) in [5, 5.41) is 2.16. The minimum Gasteiger partial charge on any atom is -0.377 e. The molecular formula is C14H31NO4Si. The van der Waals surface area contributed by atoms with E-state index in [1.807, 2.05) is 0 Å². The van der Waals surface area contributed by atoms with Gasteiger partial charge in [-0.05, 0) is 47.0 Å². The van der Waals surface area contributed by atoms with E-state index in [0.717, 1.165) is 12.8 Å². The van der Waals surface area contributed by atoms with Crippen molar-refractivity contribution in [2.24, 2.45) is 0 Å². The number of hydroxylamine groups is 2. The highest BCUT2D eigenvalue weighted by molar-refractivity contribution is 6.60. The van der Waals surface area contributed by atoms with Crippen molar-refractivity contribution in [1.82, 2.24) is 5.06 Å². The minimum atomic E-state index is -2.55. The Hall–Kier alpha value is 0.0169. The van der Waals surface area contributed by atoms with Crippen LogP contribution >= 0.6 is 0 Å². The van der Waals surface area contributed by atoms with Gasteiger partial charge < -0.3 is 13.3 Å². The molecule has 1 rings (SSSR count). The van der Waals surface area contributed by atoms with E-state index >= 15 is 0 Å². The largest absolute Gasteiger partial charge is 0.502 e. The zero-order valence-corrected chi connectivity index (χ0v) is 15.1. The monoisotopic (exact) mass is 305 g/mol. The normalized spacial score (nSPS) is 22.9. The fraction of sp³-hybridized carbons (Fsp3) is 1.00. The van der Waals surface area contributed by atoms with E-state index < -0.39 is 8.80 Å². The quantitative estimate of drug-likeness (QED) is 0.676. The van der Waals surface area contributed by atoms with Crippen molar-refractivity contribution < 1.29 is 18.1 Å². The molecule has 6 heteroatoms. The molecule has 0 atom stereocenters. The fourth-order valence-electron chi connectivity index (χ4n) is 3.14. The minimum absolute atomic E-state index is 0.0547. The predicted molar refractivity (Wildman–Crippen MR) is 81.4 cm³/mol. The Morgan fingerprint density at radius 2 is 1.35 bits per heavy atom. The summed E-state index contributed by atoms with van der Waals surface area (Å²) in [5.41, 5.74) is 0.109. The molecule has 1 saturated heterocycles. The number of piperidine rings is 1. The van der Waals surface area contributed by atoms with Crippen molar-refractivity contribution in [2.45, 2.75) is 64.1 Å². The van der Waals surface area contributed by atoms with Crippen LogP contribution < -0.4 is 0 Å². The first-order valence-corrected chi connectivity index (χ1v) is 9.25. The molecule has 0 unspecified atom stereocenters. The van der Waals surface area contributed by atoms with Crippen LogP contribution in [0.5, 0.6) is 0 Å². The van der Waals surface area contributed by atoms with E-state index in [1.54, 1.807) is 21.3 Å². The van der Waals surface area contributed by atoms with E-state index in [1.165, 1.54) is 6.42 Å². The average molecular weight is 305 g/mol. The Morgan fingerprint density at radius 1 is 0.900 bits per heavy atom. The van der Waals surface area contributed by atoms with Crippen LogP contribution in [0.15, 0.2) is 0 Å². The van der Waals surface area contributed by atoms with E-state index in [4.69, 9.17) is 18.1 Å². The van der Waals surface area contributed by atoms with Crippen LogP contribution in [-0.2, 0) is 18.1 Å². The molecule has 1 fully saturated rings. The Labute approximate surface area is 124 Å². The fourth-order valence-corrected chi connectivity index (χ4v) is 4.60. The predicted octanol–water partition coefficient (Wildman–Crippen LogP) is 2.84. The van der Waals surface area contributed by atoms with Gasteiger partial charge in [0.2, 0.25) is 0 Å². The third kappa shape index (κ3) is 4.02. The molecule has 0 aromatic rings. The van der Waals surface area contributed by atoms with E-state index in [-0.39, 0.29) is 11.1 Å². The molecule has 0 spiro atoms. The molecule has 0 aromatic carbocycles. The molecule has 1 aliphatic rings. The first-order chi connectivity index (χ1) is 9.23. The summed E-state index contributed by atoms with van der Waals surface area (Å²) >= 11 is 0. The van der Waals surface area contributed by atoms with Gasteiger partial charge in [0.1, 0.15) is 0 Å². The third-order valence-corrected chi connectivity index (χ3v) is 6.92. The van der Waals surface area contributed by atoms with Gasteiger partial charge >= 0.3 is 8.80 Å². The first kappa shape index (κ1) is 18.1. The second-order valence-corrected chi connectivity index (χ2v) is 9.74. The number of hydrogen-bond donors (Lipinski definition) is 0. The lowest BCUT2D eigenvalue weighted by Crippen LogP contribution is -2.58. The van der Waals surface area contributed by atoms with Crippen molar-refractivity contribution in [2.75, 3.05) is 27.9 Å². The Morgan fingerprint density at radius 3 is 1.75 bits per heavy atom. The van der Waals surface area contributed by atoms with Crippen LogP contribution in [0, 0.1) is 0 Å². The van der Waals surface area contributed by atoms with E-state index in [9.17, 15) is 0 Å². The zero-order chi connectivity index (χ0) is 15.4. The van der Waals surface area contributed by atoms with Gasteiger partial charge in [-0.1, -0.05) is 0 Å². The number of rotatable bonds is 7. The van der Waals surface area contributed by atoms with Gasteiger partial charge in [0.05, 0.1) is 6.61 Å². The SMILES string of the molecule is CO[Si](CCON1C(C)(C)CCCC1(C)C)(OC)OC. The lowest BCUT2D eigenvalue weighted by atomic mass is 9.82. The summed E-state index contributed by atoms with van der Waals surface area (Å²) in [6.45, 7) is 9.50. The van der Waals surface area contributed by atoms with Crippen molar-refractivity contribution in [1.29, 1.82) is 0 Å². The molecule has 0 N–H and O–H groups in total. The number of hydrogen-bond acceptors (Lipinski definition) is 5. The van der Waals surface area contributed by atoms with Gasteiger partial charge in [0.25, 0.3) is 0 Å². The van der Waals surface area contributed by atoms with Crippen LogP contribution in [-0.4, -0.2) is 52.9 Å². The first-order valence-electron chi connectivity index (χ1n) is 7.32. The highest BCUT2D eigenvalue weighted by atomic mass is 28.4. The Kier molecular flexibility index (Phi) is 6.19. The van der Waals surface area contributed by atoms with E-state index in [2.05, 4.69) is 32.8 Å². The summed E-state index contributed by atoms with van der Waals surface area (Å²) < 4.78 is 16.3. The smallest absolute Gasteiger partial charge is 0.377 e.